The molecule has 0 aliphatic carbocycles. The quantitative estimate of drug-likeness (QED) is 0.853. The molecule has 4 heteroatoms. The lowest BCUT2D eigenvalue weighted by Gasteiger charge is -2.20. The number of benzene rings is 1. The van der Waals surface area contributed by atoms with E-state index in [4.69, 9.17) is 9.68 Å². The second-order valence-electron chi connectivity index (χ2n) is 5.11. The minimum atomic E-state index is 0.354. The first-order chi connectivity index (χ1) is 9.86. The van der Waals surface area contributed by atoms with Gasteiger partial charge >= 0.3 is 0 Å². The highest BCUT2D eigenvalue weighted by Gasteiger charge is 2.25. The smallest absolute Gasteiger partial charge is 0.209 e. The van der Waals surface area contributed by atoms with E-state index in [2.05, 4.69) is 16.0 Å². The summed E-state index contributed by atoms with van der Waals surface area (Å²) in [6, 6.07) is 12.6. The van der Waals surface area contributed by atoms with Crippen molar-refractivity contribution in [1.82, 2.24) is 9.88 Å². The molecular formula is C16H17N3O. The number of hydrogen-bond acceptors (Lipinski definition) is 4. The first-order valence-corrected chi connectivity index (χ1v) is 6.98. The van der Waals surface area contributed by atoms with Gasteiger partial charge in [0.25, 0.3) is 0 Å². The number of oxazole rings is 1. The van der Waals surface area contributed by atoms with Crippen LogP contribution in [0.4, 0.5) is 0 Å². The predicted molar refractivity (Wildman–Crippen MR) is 75.6 cm³/mol. The van der Waals surface area contributed by atoms with Gasteiger partial charge in [-0.05, 0) is 19.4 Å². The van der Waals surface area contributed by atoms with E-state index in [0.717, 1.165) is 36.6 Å². The Morgan fingerprint density at radius 3 is 3.00 bits per heavy atom. The van der Waals surface area contributed by atoms with Gasteiger partial charge in [0.2, 0.25) is 5.89 Å². The van der Waals surface area contributed by atoms with Crippen molar-refractivity contribution in [2.24, 2.45) is 0 Å². The fourth-order valence-corrected chi connectivity index (χ4v) is 2.73. The first kappa shape index (κ1) is 12.9. The van der Waals surface area contributed by atoms with Crippen LogP contribution >= 0.6 is 0 Å². The molecule has 1 aromatic carbocycles. The topological polar surface area (TPSA) is 53.1 Å². The molecule has 0 spiro atoms. The van der Waals surface area contributed by atoms with Gasteiger partial charge in [-0.1, -0.05) is 30.3 Å². The molecule has 3 rings (SSSR count). The molecule has 1 aliphatic rings. The van der Waals surface area contributed by atoms with Crippen molar-refractivity contribution in [3.63, 3.8) is 0 Å². The fraction of sp³-hybridized carbons (Fsp3) is 0.375. The Bertz CT molecular complexity index is 600. The van der Waals surface area contributed by atoms with Crippen LogP contribution in [0.3, 0.4) is 0 Å². The molecule has 0 amide bonds. The maximum absolute atomic E-state index is 8.85. The average Bonchev–Trinajstić information content (AvgIpc) is 3.11. The first-order valence-electron chi connectivity index (χ1n) is 6.98. The SMILES string of the molecule is N#CC[C@H]1CCCN1Cc1ncc(-c2ccccc2)o1. The molecule has 1 fully saturated rings. The molecule has 1 aliphatic heterocycles. The third-order valence-corrected chi connectivity index (χ3v) is 3.78. The van der Waals surface area contributed by atoms with Crippen molar-refractivity contribution in [2.45, 2.75) is 31.8 Å². The van der Waals surface area contributed by atoms with Crippen LogP contribution in [0, 0.1) is 11.3 Å². The molecule has 1 saturated heterocycles. The molecule has 0 N–H and O–H groups in total. The summed E-state index contributed by atoms with van der Waals surface area (Å²) in [5.41, 5.74) is 1.04. The zero-order valence-corrected chi connectivity index (χ0v) is 11.3. The number of rotatable bonds is 4. The second kappa shape index (κ2) is 5.89. The van der Waals surface area contributed by atoms with Gasteiger partial charge < -0.3 is 4.42 Å². The lowest BCUT2D eigenvalue weighted by Crippen LogP contribution is -2.28. The van der Waals surface area contributed by atoms with Crippen molar-refractivity contribution in [3.05, 3.63) is 42.4 Å². The van der Waals surface area contributed by atoms with E-state index in [-0.39, 0.29) is 0 Å². The number of aromatic nitrogens is 1. The van der Waals surface area contributed by atoms with Crippen molar-refractivity contribution in [2.75, 3.05) is 6.54 Å². The molecule has 102 valence electrons. The zero-order valence-electron chi connectivity index (χ0n) is 11.3. The van der Waals surface area contributed by atoms with Crippen molar-refractivity contribution >= 4 is 0 Å². The standard InChI is InChI=1S/C16H17N3O/c17-9-8-14-7-4-10-19(14)12-16-18-11-15(20-16)13-5-2-1-3-6-13/h1-3,5-6,11,14H,4,7-8,10,12H2/t14-/m1/s1. The molecule has 20 heavy (non-hydrogen) atoms. The minimum absolute atomic E-state index is 0.354. The van der Waals surface area contributed by atoms with E-state index in [9.17, 15) is 0 Å². The molecule has 4 nitrogen and oxygen atoms in total. The molecule has 0 radical (unpaired) electrons. The van der Waals surface area contributed by atoms with Crippen molar-refractivity contribution in [1.29, 1.82) is 5.26 Å². The van der Waals surface area contributed by atoms with Gasteiger partial charge in [-0.25, -0.2) is 4.98 Å². The molecular weight excluding hydrogens is 250 g/mol. The Kier molecular flexibility index (Phi) is 3.80. The highest BCUT2D eigenvalue weighted by atomic mass is 16.4. The monoisotopic (exact) mass is 267 g/mol. The van der Waals surface area contributed by atoms with Gasteiger partial charge in [-0.15, -0.1) is 0 Å². The molecule has 2 heterocycles. The van der Waals surface area contributed by atoms with Crippen LogP contribution in [-0.4, -0.2) is 22.5 Å². The predicted octanol–water partition coefficient (Wildman–Crippen LogP) is 3.22. The van der Waals surface area contributed by atoms with Crippen LogP contribution in [-0.2, 0) is 6.54 Å². The van der Waals surface area contributed by atoms with E-state index in [1.807, 2.05) is 30.3 Å². The van der Waals surface area contributed by atoms with Gasteiger partial charge in [0.1, 0.15) is 0 Å². The summed E-state index contributed by atoms with van der Waals surface area (Å²) in [4.78, 5) is 6.65. The summed E-state index contributed by atoms with van der Waals surface area (Å²) in [7, 11) is 0. The average molecular weight is 267 g/mol. The van der Waals surface area contributed by atoms with E-state index in [0.29, 0.717) is 19.0 Å². The Balaban J connectivity index is 1.70. The van der Waals surface area contributed by atoms with Crippen molar-refractivity contribution in [3.8, 4) is 17.4 Å². The van der Waals surface area contributed by atoms with Crippen LogP contribution in [0.5, 0.6) is 0 Å². The van der Waals surface area contributed by atoms with E-state index in [1.54, 1.807) is 6.20 Å². The number of hydrogen-bond donors (Lipinski definition) is 0. The molecule has 0 saturated carbocycles. The van der Waals surface area contributed by atoms with Crippen molar-refractivity contribution < 1.29 is 4.42 Å². The lowest BCUT2D eigenvalue weighted by atomic mass is 10.2. The number of likely N-dealkylation sites (tertiary alicyclic amines) is 1. The Morgan fingerprint density at radius 1 is 1.35 bits per heavy atom. The highest BCUT2D eigenvalue weighted by molar-refractivity contribution is 5.55. The van der Waals surface area contributed by atoms with Crippen LogP contribution in [0.2, 0.25) is 0 Å². The maximum atomic E-state index is 8.85. The summed E-state index contributed by atoms with van der Waals surface area (Å²) in [5, 5.41) is 8.85. The molecule has 0 bridgehead atoms. The third-order valence-electron chi connectivity index (χ3n) is 3.78. The number of nitrogens with zero attached hydrogens (tertiary/aromatic N) is 3. The van der Waals surface area contributed by atoms with Gasteiger partial charge in [0.05, 0.1) is 25.2 Å². The van der Waals surface area contributed by atoms with E-state index >= 15 is 0 Å². The van der Waals surface area contributed by atoms with Crippen LogP contribution < -0.4 is 0 Å². The largest absolute Gasteiger partial charge is 0.439 e. The molecule has 0 unspecified atom stereocenters. The number of nitriles is 1. The van der Waals surface area contributed by atoms with Gasteiger partial charge in [0, 0.05) is 11.6 Å². The van der Waals surface area contributed by atoms with Gasteiger partial charge in [0.15, 0.2) is 5.76 Å². The fourth-order valence-electron chi connectivity index (χ4n) is 2.73. The molecule has 2 aromatic rings. The maximum Gasteiger partial charge on any atom is 0.209 e. The third kappa shape index (κ3) is 2.73. The highest BCUT2D eigenvalue weighted by Crippen LogP contribution is 2.24. The summed E-state index contributed by atoms with van der Waals surface area (Å²) in [6.07, 6.45) is 4.62. The van der Waals surface area contributed by atoms with E-state index < -0.39 is 0 Å². The Morgan fingerprint density at radius 2 is 2.20 bits per heavy atom. The van der Waals surface area contributed by atoms with Gasteiger partial charge in [-0.3, -0.25) is 4.90 Å². The van der Waals surface area contributed by atoms with Crippen LogP contribution in [0.1, 0.15) is 25.2 Å². The van der Waals surface area contributed by atoms with E-state index in [1.165, 1.54) is 0 Å². The summed E-state index contributed by atoms with van der Waals surface area (Å²) in [5.74, 6) is 1.53. The summed E-state index contributed by atoms with van der Waals surface area (Å²) in [6.45, 7) is 1.72. The zero-order chi connectivity index (χ0) is 13.8. The molecule has 1 aromatic heterocycles. The second-order valence-corrected chi connectivity index (χ2v) is 5.11. The summed E-state index contributed by atoms with van der Waals surface area (Å²) < 4.78 is 5.82. The normalized spacial score (nSPS) is 19.1. The Labute approximate surface area is 118 Å². The molecule has 1 atom stereocenters. The summed E-state index contributed by atoms with van der Waals surface area (Å²) >= 11 is 0. The minimum Gasteiger partial charge on any atom is -0.439 e. The van der Waals surface area contributed by atoms with Gasteiger partial charge in [-0.2, -0.15) is 5.26 Å². The lowest BCUT2D eigenvalue weighted by molar-refractivity contribution is 0.224. The van der Waals surface area contributed by atoms with Crippen LogP contribution in [0.15, 0.2) is 40.9 Å². The Hall–Kier alpha value is -2.12. The van der Waals surface area contributed by atoms with Crippen LogP contribution in [0.25, 0.3) is 11.3 Å².